The Labute approximate surface area is 196 Å². The number of aryl methyl sites for hydroxylation is 1. The van der Waals surface area contributed by atoms with Crippen molar-refractivity contribution in [3.8, 4) is 5.75 Å². The molecule has 5 nitrogen and oxygen atoms in total. The van der Waals surface area contributed by atoms with Gasteiger partial charge in [-0.3, -0.25) is 9.48 Å². The molecule has 0 aliphatic carbocycles. The Balaban J connectivity index is 1.33. The number of aromatic nitrogens is 2. The van der Waals surface area contributed by atoms with Crippen molar-refractivity contribution in [3.63, 3.8) is 0 Å². The van der Waals surface area contributed by atoms with Gasteiger partial charge in [0.25, 0.3) is 5.91 Å². The lowest BCUT2D eigenvalue weighted by molar-refractivity contribution is 0.102. The van der Waals surface area contributed by atoms with Gasteiger partial charge < -0.3 is 10.1 Å². The van der Waals surface area contributed by atoms with E-state index >= 15 is 0 Å². The van der Waals surface area contributed by atoms with Crippen molar-refractivity contribution in [2.45, 2.75) is 20.1 Å². The summed E-state index contributed by atoms with van der Waals surface area (Å²) in [6, 6.07) is 20.5. The van der Waals surface area contributed by atoms with Crippen LogP contribution in [0.2, 0.25) is 10.0 Å². The monoisotopic (exact) mass is 465 g/mol. The van der Waals surface area contributed by atoms with Crippen LogP contribution in [0.1, 0.15) is 27.0 Å². The van der Waals surface area contributed by atoms with Crippen molar-refractivity contribution < 1.29 is 9.53 Å². The summed E-state index contributed by atoms with van der Waals surface area (Å²) in [4.78, 5) is 12.6. The molecule has 0 radical (unpaired) electrons. The molecule has 4 rings (SSSR count). The highest BCUT2D eigenvalue weighted by atomic mass is 35.5. The molecule has 0 saturated carbocycles. The van der Waals surface area contributed by atoms with Crippen LogP contribution in [0.4, 0.5) is 5.69 Å². The second kappa shape index (κ2) is 9.90. The normalized spacial score (nSPS) is 10.7. The molecule has 0 unspecified atom stereocenters. The van der Waals surface area contributed by atoms with Crippen LogP contribution in [0.25, 0.3) is 0 Å². The molecular formula is C25H21Cl2N3O2. The van der Waals surface area contributed by atoms with Crippen LogP contribution in [0, 0.1) is 6.92 Å². The summed E-state index contributed by atoms with van der Waals surface area (Å²) in [5.74, 6) is 0.355. The van der Waals surface area contributed by atoms with E-state index < -0.39 is 0 Å². The zero-order valence-electron chi connectivity index (χ0n) is 17.4. The summed E-state index contributed by atoms with van der Waals surface area (Å²) in [6.45, 7) is 3.03. The van der Waals surface area contributed by atoms with Gasteiger partial charge >= 0.3 is 0 Å². The summed E-state index contributed by atoms with van der Waals surface area (Å²) >= 11 is 12.0. The second-order valence-electron chi connectivity index (χ2n) is 7.43. The highest BCUT2D eigenvalue weighted by Gasteiger charge is 2.09. The van der Waals surface area contributed by atoms with Crippen LogP contribution in [0.3, 0.4) is 0 Å². The molecule has 1 heterocycles. The topological polar surface area (TPSA) is 56.2 Å². The number of carbonyl (C=O) groups excluding carboxylic acids is 1. The van der Waals surface area contributed by atoms with Crippen molar-refractivity contribution in [3.05, 3.63) is 111 Å². The Hall–Kier alpha value is -3.28. The number of amides is 1. The van der Waals surface area contributed by atoms with E-state index in [1.54, 1.807) is 41.2 Å². The first-order valence-corrected chi connectivity index (χ1v) is 10.8. The standard InChI is InChI=1S/C25H21Cl2N3O2/c1-17-3-2-4-19(11-17)14-30-15-22(13-28-30)29-25(31)20-7-5-18(6-8-20)16-32-24-10-9-21(26)12-23(24)27/h2-13,15H,14,16H2,1H3,(H,29,31). The summed E-state index contributed by atoms with van der Waals surface area (Å²) in [7, 11) is 0. The number of rotatable bonds is 7. The SMILES string of the molecule is Cc1cccc(Cn2cc(NC(=O)c3ccc(COc4ccc(Cl)cc4Cl)cc3)cn2)c1. The van der Waals surface area contributed by atoms with Gasteiger partial charge in [-0.15, -0.1) is 0 Å². The van der Waals surface area contributed by atoms with E-state index in [4.69, 9.17) is 27.9 Å². The van der Waals surface area contributed by atoms with E-state index in [-0.39, 0.29) is 5.91 Å². The number of benzene rings is 3. The number of nitrogens with zero attached hydrogens (tertiary/aromatic N) is 2. The van der Waals surface area contributed by atoms with E-state index in [2.05, 4.69) is 35.5 Å². The molecular weight excluding hydrogens is 445 g/mol. The highest BCUT2D eigenvalue weighted by molar-refractivity contribution is 6.35. The van der Waals surface area contributed by atoms with Crippen LogP contribution in [-0.2, 0) is 13.2 Å². The van der Waals surface area contributed by atoms with Crippen LogP contribution in [-0.4, -0.2) is 15.7 Å². The number of ether oxygens (including phenoxy) is 1. The Kier molecular flexibility index (Phi) is 6.78. The van der Waals surface area contributed by atoms with E-state index in [1.807, 2.05) is 24.4 Å². The number of hydrogen-bond acceptors (Lipinski definition) is 3. The zero-order chi connectivity index (χ0) is 22.5. The molecule has 32 heavy (non-hydrogen) atoms. The number of anilines is 1. The van der Waals surface area contributed by atoms with Crippen LogP contribution in [0.5, 0.6) is 5.75 Å². The maximum atomic E-state index is 12.6. The minimum Gasteiger partial charge on any atom is -0.487 e. The maximum Gasteiger partial charge on any atom is 0.255 e. The second-order valence-corrected chi connectivity index (χ2v) is 8.27. The summed E-state index contributed by atoms with van der Waals surface area (Å²) in [5.41, 5.74) is 4.47. The van der Waals surface area contributed by atoms with Crippen molar-refractivity contribution in [1.29, 1.82) is 0 Å². The van der Waals surface area contributed by atoms with Gasteiger partial charge in [-0.2, -0.15) is 5.10 Å². The van der Waals surface area contributed by atoms with E-state index in [9.17, 15) is 4.79 Å². The molecule has 0 fully saturated rings. The molecule has 4 aromatic rings. The van der Waals surface area contributed by atoms with Crippen molar-refractivity contribution in [1.82, 2.24) is 9.78 Å². The largest absolute Gasteiger partial charge is 0.487 e. The molecule has 162 valence electrons. The minimum atomic E-state index is -0.201. The summed E-state index contributed by atoms with van der Waals surface area (Å²) in [6.07, 6.45) is 3.46. The lowest BCUT2D eigenvalue weighted by Crippen LogP contribution is -2.11. The minimum absolute atomic E-state index is 0.201. The van der Waals surface area contributed by atoms with Gasteiger partial charge in [-0.25, -0.2) is 0 Å². The quantitative estimate of drug-likeness (QED) is 0.344. The number of carbonyl (C=O) groups is 1. The van der Waals surface area contributed by atoms with Gasteiger partial charge in [0, 0.05) is 16.8 Å². The average molecular weight is 466 g/mol. The van der Waals surface area contributed by atoms with Gasteiger partial charge in [-0.1, -0.05) is 65.2 Å². The van der Waals surface area contributed by atoms with Gasteiger partial charge in [0.05, 0.1) is 23.5 Å². The number of halogens is 2. The fourth-order valence-electron chi connectivity index (χ4n) is 3.22. The Morgan fingerprint density at radius 2 is 1.84 bits per heavy atom. The lowest BCUT2D eigenvalue weighted by Gasteiger charge is -2.09. The molecule has 0 aliphatic rings. The third-order valence-corrected chi connectivity index (χ3v) is 5.35. The number of nitrogens with one attached hydrogen (secondary N) is 1. The highest BCUT2D eigenvalue weighted by Crippen LogP contribution is 2.28. The molecule has 1 aromatic heterocycles. The first kappa shape index (κ1) is 21.9. The Morgan fingerprint density at radius 3 is 2.59 bits per heavy atom. The first-order chi connectivity index (χ1) is 15.5. The van der Waals surface area contributed by atoms with Crippen molar-refractivity contribution >= 4 is 34.8 Å². The molecule has 1 N–H and O–H groups in total. The Bertz CT molecular complexity index is 1240. The third-order valence-electron chi connectivity index (χ3n) is 4.82. The molecule has 0 atom stereocenters. The molecule has 1 amide bonds. The molecule has 0 spiro atoms. The average Bonchev–Trinajstić information content (AvgIpc) is 3.20. The van der Waals surface area contributed by atoms with E-state index in [0.29, 0.717) is 40.2 Å². The smallest absolute Gasteiger partial charge is 0.255 e. The van der Waals surface area contributed by atoms with Crippen molar-refractivity contribution in [2.75, 3.05) is 5.32 Å². The maximum absolute atomic E-state index is 12.6. The molecule has 7 heteroatoms. The third kappa shape index (κ3) is 5.69. The fraction of sp³-hybridized carbons (Fsp3) is 0.120. The lowest BCUT2D eigenvalue weighted by atomic mass is 10.1. The zero-order valence-corrected chi connectivity index (χ0v) is 18.9. The van der Waals surface area contributed by atoms with Crippen LogP contribution in [0.15, 0.2) is 79.1 Å². The molecule has 0 aliphatic heterocycles. The van der Waals surface area contributed by atoms with Crippen molar-refractivity contribution in [2.24, 2.45) is 0 Å². The van der Waals surface area contributed by atoms with E-state index in [0.717, 1.165) is 11.1 Å². The Morgan fingerprint density at radius 1 is 1.03 bits per heavy atom. The van der Waals surface area contributed by atoms with Gasteiger partial charge in [0.2, 0.25) is 0 Å². The van der Waals surface area contributed by atoms with Gasteiger partial charge in [-0.05, 0) is 48.4 Å². The van der Waals surface area contributed by atoms with E-state index in [1.165, 1.54) is 5.56 Å². The molecule has 0 saturated heterocycles. The predicted octanol–water partition coefficient (Wildman–Crippen LogP) is 6.38. The van der Waals surface area contributed by atoms with Crippen LogP contribution < -0.4 is 10.1 Å². The fourth-order valence-corrected chi connectivity index (χ4v) is 3.68. The summed E-state index contributed by atoms with van der Waals surface area (Å²) in [5, 5.41) is 8.23. The van der Waals surface area contributed by atoms with Crippen LogP contribution >= 0.6 is 23.2 Å². The molecule has 3 aromatic carbocycles. The number of hydrogen-bond donors (Lipinski definition) is 1. The molecule has 0 bridgehead atoms. The van der Waals surface area contributed by atoms with Gasteiger partial charge in [0.15, 0.2) is 0 Å². The predicted molar refractivity (Wildman–Crippen MR) is 128 cm³/mol. The van der Waals surface area contributed by atoms with Gasteiger partial charge in [0.1, 0.15) is 12.4 Å². The first-order valence-electron chi connectivity index (χ1n) is 10.0. The summed E-state index contributed by atoms with van der Waals surface area (Å²) < 4.78 is 7.53.